The molecule has 0 aliphatic rings. The molecule has 0 radical (unpaired) electrons. The van der Waals surface area contributed by atoms with Crippen molar-refractivity contribution in [1.82, 2.24) is 9.78 Å². The van der Waals surface area contributed by atoms with Gasteiger partial charge in [-0.2, -0.15) is 9.78 Å². The van der Waals surface area contributed by atoms with Crippen LogP contribution in [0.25, 0.3) is 16.5 Å². The fourth-order valence-corrected chi connectivity index (χ4v) is 1.99. The van der Waals surface area contributed by atoms with Crippen LogP contribution in [0.2, 0.25) is 0 Å². The molecule has 98 valence electrons. The Balaban J connectivity index is 2.17. The first-order valence-corrected chi connectivity index (χ1v) is 5.89. The highest BCUT2D eigenvalue weighted by Crippen LogP contribution is 2.14. The maximum atomic E-state index is 12.3. The molecule has 0 aliphatic carbocycles. The van der Waals surface area contributed by atoms with Gasteiger partial charge in [-0.25, -0.2) is 0 Å². The summed E-state index contributed by atoms with van der Waals surface area (Å²) < 4.78 is 1.23. The molecule has 3 rings (SSSR count). The average Bonchev–Trinajstić information content (AvgIpc) is 2.48. The maximum absolute atomic E-state index is 12.3. The Morgan fingerprint density at radius 1 is 1.05 bits per heavy atom. The lowest BCUT2D eigenvalue weighted by molar-refractivity contribution is -0.384. The topological polar surface area (TPSA) is 78.0 Å². The Kier molecular flexibility index (Phi) is 2.76. The van der Waals surface area contributed by atoms with Gasteiger partial charge in [0.2, 0.25) is 0 Å². The zero-order valence-corrected chi connectivity index (χ0v) is 10.3. The van der Waals surface area contributed by atoms with Gasteiger partial charge in [-0.3, -0.25) is 14.9 Å². The van der Waals surface area contributed by atoms with Crippen LogP contribution in [0.5, 0.6) is 0 Å². The van der Waals surface area contributed by atoms with Crippen molar-refractivity contribution < 1.29 is 4.92 Å². The van der Waals surface area contributed by atoms with Crippen molar-refractivity contribution in [3.63, 3.8) is 0 Å². The molecule has 1 aromatic heterocycles. The number of fused-ring (bicyclic) bond motifs is 1. The maximum Gasteiger partial charge on any atom is 0.279 e. The molecule has 1 heterocycles. The Morgan fingerprint density at radius 3 is 2.45 bits per heavy atom. The van der Waals surface area contributed by atoms with E-state index in [2.05, 4.69) is 5.10 Å². The molecule has 0 bridgehead atoms. The van der Waals surface area contributed by atoms with Crippen LogP contribution in [0, 0.1) is 10.1 Å². The number of non-ortho nitro benzene ring substituents is 1. The van der Waals surface area contributed by atoms with Gasteiger partial charge in [-0.15, -0.1) is 0 Å². The highest BCUT2D eigenvalue weighted by molar-refractivity contribution is 5.80. The monoisotopic (exact) mass is 267 g/mol. The van der Waals surface area contributed by atoms with Gasteiger partial charge in [0.05, 0.1) is 22.2 Å². The molecule has 20 heavy (non-hydrogen) atoms. The standard InChI is InChI=1S/C14H9N3O3/c18-14-13-4-2-1-3-10(13)9-15-16(14)11-5-7-12(8-6-11)17(19)20/h1-9H. The molecule has 0 aliphatic heterocycles. The lowest BCUT2D eigenvalue weighted by atomic mass is 10.2. The Bertz CT molecular complexity index is 853. The summed E-state index contributed by atoms with van der Waals surface area (Å²) in [6.07, 6.45) is 1.60. The van der Waals surface area contributed by atoms with E-state index in [1.807, 2.05) is 12.1 Å². The molecular weight excluding hydrogens is 258 g/mol. The van der Waals surface area contributed by atoms with E-state index < -0.39 is 4.92 Å². The van der Waals surface area contributed by atoms with Crippen LogP contribution in [0.3, 0.4) is 0 Å². The predicted molar refractivity (Wildman–Crippen MR) is 74.0 cm³/mol. The number of nitrogens with zero attached hydrogens (tertiary/aromatic N) is 3. The summed E-state index contributed by atoms with van der Waals surface area (Å²) in [4.78, 5) is 22.4. The number of rotatable bonds is 2. The molecule has 0 atom stereocenters. The van der Waals surface area contributed by atoms with Crippen molar-refractivity contribution in [2.24, 2.45) is 0 Å². The molecule has 3 aromatic rings. The van der Waals surface area contributed by atoms with Crippen LogP contribution in [-0.4, -0.2) is 14.7 Å². The normalized spacial score (nSPS) is 10.6. The third-order valence-corrected chi connectivity index (χ3v) is 3.00. The number of aromatic nitrogens is 2. The van der Waals surface area contributed by atoms with Crippen LogP contribution < -0.4 is 5.56 Å². The molecule has 6 nitrogen and oxygen atoms in total. The first kappa shape index (κ1) is 12.0. The molecule has 2 aromatic carbocycles. The van der Waals surface area contributed by atoms with Crippen molar-refractivity contribution >= 4 is 16.5 Å². The van der Waals surface area contributed by atoms with Gasteiger partial charge >= 0.3 is 0 Å². The fourth-order valence-electron chi connectivity index (χ4n) is 1.99. The van der Waals surface area contributed by atoms with E-state index in [0.717, 1.165) is 5.39 Å². The van der Waals surface area contributed by atoms with E-state index in [4.69, 9.17) is 0 Å². The van der Waals surface area contributed by atoms with Crippen LogP contribution in [-0.2, 0) is 0 Å². The summed E-state index contributed by atoms with van der Waals surface area (Å²) in [5.41, 5.74) is 0.214. The lowest BCUT2D eigenvalue weighted by Gasteiger charge is -2.05. The zero-order valence-electron chi connectivity index (χ0n) is 10.3. The molecule has 0 amide bonds. The SMILES string of the molecule is O=c1c2ccccc2cnn1-c1ccc([N+](=O)[O-])cc1. The summed E-state index contributed by atoms with van der Waals surface area (Å²) in [5, 5.41) is 16.0. The van der Waals surface area contributed by atoms with Crippen molar-refractivity contribution in [3.8, 4) is 5.69 Å². The molecule has 0 saturated carbocycles. The van der Waals surface area contributed by atoms with Gasteiger partial charge in [0.15, 0.2) is 0 Å². The molecular formula is C14H9N3O3. The Labute approximate surface area is 113 Å². The predicted octanol–water partition coefficient (Wildman–Crippen LogP) is 2.29. The lowest BCUT2D eigenvalue weighted by Crippen LogP contribution is -2.20. The number of hydrogen-bond acceptors (Lipinski definition) is 4. The quantitative estimate of drug-likeness (QED) is 0.527. The van der Waals surface area contributed by atoms with E-state index in [1.165, 1.54) is 28.9 Å². The molecule has 0 unspecified atom stereocenters. The van der Waals surface area contributed by atoms with Crippen molar-refractivity contribution in [3.05, 3.63) is 75.2 Å². The van der Waals surface area contributed by atoms with Gasteiger partial charge in [0.25, 0.3) is 11.2 Å². The van der Waals surface area contributed by atoms with E-state index in [9.17, 15) is 14.9 Å². The summed E-state index contributed by atoms with van der Waals surface area (Å²) in [6, 6.07) is 12.8. The molecule has 6 heteroatoms. The fraction of sp³-hybridized carbons (Fsp3) is 0. The van der Waals surface area contributed by atoms with E-state index in [0.29, 0.717) is 11.1 Å². The molecule has 0 saturated heterocycles. The second-order valence-corrected chi connectivity index (χ2v) is 4.22. The van der Waals surface area contributed by atoms with Gasteiger partial charge in [0, 0.05) is 17.5 Å². The van der Waals surface area contributed by atoms with Crippen LogP contribution >= 0.6 is 0 Å². The van der Waals surface area contributed by atoms with Crippen molar-refractivity contribution in [2.75, 3.05) is 0 Å². The first-order chi connectivity index (χ1) is 9.66. The highest BCUT2D eigenvalue weighted by Gasteiger charge is 2.08. The Morgan fingerprint density at radius 2 is 1.75 bits per heavy atom. The summed E-state index contributed by atoms with van der Waals surface area (Å²) in [7, 11) is 0. The van der Waals surface area contributed by atoms with Crippen LogP contribution in [0.4, 0.5) is 5.69 Å². The number of hydrogen-bond donors (Lipinski definition) is 0. The summed E-state index contributed by atoms with van der Waals surface area (Å²) in [5.74, 6) is 0. The van der Waals surface area contributed by atoms with E-state index in [-0.39, 0.29) is 11.2 Å². The number of nitro benzene ring substituents is 1. The number of nitro groups is 1. The van der Waals surface area contributed by atoms with Gasteiger partial charge < -0.3 is 0 Å². The molecule has 0 N–H and O–H groups in total. The van der Waals surface area contributed by atoms with E-state index in [1.54, 1.807) is 18.3 Å². The minimum Gasteiger partial charge on any atom is -0.267 e. The van der Waals surface area contributed by atoms with Crippen molar-refractivity contribution in [1.29, 1.82) is 0 Å². The van der Waals surface area contributed by atoms with E-state index >= 15 is 0 Å². The Hall–Kier alpha value is -3.02. The molecule has 0 fully saturated rings. The first-order valence-electron chi connectivity index (χ1n) is 5.89. The highest BCUT2D eigenvalue weighted by atomic mass is 16.6. The van der Waals surface area contributed by atoms with Crippen molar-refractivity contribution in [2.45, 2.75) is 0 Å². The summed E-state index contributed by atoms with van der Waals surface area (Å²) >= 11 is 0. The minimum absolute atomic E-state index is 0.0254. The second kappa shape index (κ2) is 4.58. The average molecular weight is 267 g/mol. The zero-order chi connectivity index (χ0) is 14.1. The van der Waals surface area contributed by atoms with Gasteiger partial charge in [-0.05, 0) is 18.2 Å². The minimum atomic E-state index is -0.486. The third-order valence-electron chi connectivity index (χ3n) is 3.00. The molecule has 0 spiro atoms. The van der Waals surface area contributed by atoms with Crippen LogP contribution in [0.15, 0.2) is 59.5 Å². The second-order valence-electron chi connectivity index (χ2n) is 4.22. The third kappa shape index (κ3) is 1.93. The largest absolute Gasteiger partial charge is 0.279 e. The van der Waals surface area contributed by atoms with Crippen LogP contribution in [0.1, 0.15) is 0 Å². The smallest absolute Gasteiger partial charge is 0.267 e. The summed E-state index contributed by atoms with van der Waals surface area (Å²) in [6.45, 7) is 0. The number of benzene rings is 2. The van der Waals surface area contributed by atoms with Gasteiger partial charge in [0.1, 0.15) is 0 Å². The van der Waals surface area contributed by atoms with Gasteiger partial charge in [-0.1, -0.05) is 18.2 Å².